The van der Waals surface area contributed by atoms with Crippen molar-refractivity contribution in [1.29, 1.82) is 0 Å². The van der Waals surface area contributed by atoms with Crippen LogP contribution >= 0.6 is 22.6 Å². The van der Waals surface area contributed by atoms with Crippen molar-refractivity contribution in [3.63, 3.8) is 0 Å². The van der Waals surface area contributed by atoms with Crippen LogP contribution in [0.5, 0.6) is 0 Å². The maximum atomic E-state index is 11.2. The summed E-state index contributed by atoms with van der Waals surface area (Å²) in [6.45, 7) is 3.43. The van der Waals surface area contributed by atoms with Gasteiger partial charge in [-0.15, -0.1) is 0 Å². The fourth-order valence-corrected chi connectivity index (χ4v) is 3.04. The molecule has 2 aromatic rings. The van der Waals surface area contributed by atoms with E-state index < -0.39 is 0 Å². The first-order valence-corrected chi connectivity index (χ1v) is 8.27. The fourth-order valence-electron chi connectivity index (χ4n) is 2.32. The van der Waals surface area contributed by atoms with Crippen molar-refractivity contribution in [1.82, 2.24) is 0 Å². The lowest BCUT2D eigenvalue weighted by atomic mass is 10.1. The van der Waals surface area contributed by atoms with Gasteiger partial charge in [0.1, 0.15) is 5.78 Å². The van der Waals surface area contributed by atoms with Gasteiger partial charge in [-0.05, 0) is 53.6 Å². The Kier molecular flexibility index (Phi) is 6.23. The topological polar surface area (TPSA) is 20.3 Å². The molecule has 0 saturated heterocycles. The van der Waals surface area contributed by atoms with Gasteiger partial charge in [-0.2, -0.15) is 0 Å². The lowest BCUT2D eigenvalue weighted by Gasteiger charge is -2.26. The number of nitrogens with zero attached hydrogens (tertiary/aromatic N) is 1. The number of para-hydroxylation sites is 1. The summed E-state index contributed by atoms with van der Waals surface area (Å²) in [5, 5.41) is 0. The zero-order valence-corrected chi connectivity index (χ0v) is 14.4. The Hall–Kier alpha value is -1.36. The van der Waals surface area contributed by atoms with Crippen LogP contribution in [-0.2, 0) is 11.3 Å². The fraction of sp³-hybridized carbons (Fsp3) is 0.278. The van der Waals surface area contributed by atoms with E-state index in [9.17, 15) is 4.79 Å². The van der Waals surface area contributed by atoms with Crippen molar-refractivity contribution in [2.75, 3.05) is 11.4 Å². The molecule has 0 aromatic heterocycles. The van der Waals surface area contributed by atoms with Gasteiger partial charge in [0.2, 0.25) is 0 Å². The Labute approximate surface area is 140 Å². The van der Waals surface area contributed by atoms with Gasteiger partial charge in [-0.3, -0.25) is 0 Å². The van der Waals surface area contributed by atoms with Crippen LogP contribution < -0.4 is 4.90 Å². The van der Waals surface area contributed by atoms with E-state index in [1.54, 1.807) is 6.92 Å². The molecule has 0 atom stereocenters. The Morgan fingerprint density at radius 2 is 1.71 bits per heavy atom. The van der Waals surface area contributed by atoms with Crippen LogP contribution in [0.3, 0.4) is 0 Å². The van der Waals surface area contributed by atoms with Crippen LogP contribution in [0.1, 0.15) is 25.3 Å². The summed E-state index contributed by atoms with van der Waals surface area (Å²) in [6.07, 6.45) is 1.54. The first-order chi connectivity index (χ1) is 10.2. The molecule has 0 fully saturated rings. The Morgan fingerprint density at radius 1 is 1.05 bits per heavy atom. The summed E-state index contributed by atoms with van der Waals surface area (Å²) in [5.41, 5.74) is 2.53. The zero-order valence-electron chi connectivity index (χ0n) is 12.3. The Morgan fingerprint density at radius 3 is 2.38 bits per heavy atom. The minimum Gasteiger partial charge on any atom is -0.366 e. The van der Waals surface area contributed by atoms with Crippen molar-refractivity contribution in [2.45, 2.75) is 26.3 Å². The third kappa shape index (κ3) is 5.16. The summed E-state index contributed by atoms with van der Waals surface area (Å²) >= 11 is 2.37. The minimum absolute atomic E-state index is 0.261. The number of anilines is 1. The van der Waals surface area contributed by atoms with E-state index in [4.69, 9.17) is 0 Å². The lowest BCUT2D eigenvalue weighted by molar-refractivity contribution is -0.117. The molecule has 0 aliphatic carbocycles. The Bertz CT molecular complexity index is 583. The second kappa shape index (κ2) is 8.17. The molecule has 2 rings (SSSR count). The quantitative estimate of drug-likeness (QED) is 0.638. The van der Waals surface area contributed by atoms with Crippen molar-refractivity contribution < 1.29 is 4.79 Å². The third-order valence-corrected chi connectivity index (χ3v) is 4.28. The molecule has 3 heteroatoms. The van der Waals surface area contributed by atoms with E-state index in [2.05, 4.69) is 76.0 Å². The maximum absolute atomic E-state index is 11.2. The van der Waals surface area contributed by atoms with Crippen molar-refractivity contribution in [3.05, 3.63) is 63.7 Å². The normalized spacial score (nSPS) is 10.4. The van der Waals surface area contributed by atoms with E-state index in [-0.39, 0.29) is 5.78 Å². The van der Waals surface area contributed by atoms with Crippen LogP contribution in [0.25, 0.3) is 0 Å². The highest BCUT2D eigenvalue weighted by Gasteiger charge is 2.10. The van der Waals surface area contributed by atoms with Gasteiger partial charge < -0.3 is 9.69 Å². The number of Topliss-reactive ketones (excluding diaryl/α,β-unsaturated/α-hetero) is 1. The molecule has 0 saturated carbocycles. The van der Waals surface area contributed by atoms with Gasteiger partial charge in [0.05, 0.1) is 5.69 Å². The average molecular weight is 393 g/mol. The third-order valence-electron chi connectivity index (χ3n) is 3.37. The average Bonchev–Trinajstić information content (AvgIpc) is 2.47. The number of rotatable bonds is 7. The van der Waals surface area contributed by atoms with Crippen LogP contribution in [0, 0.1) is 3.57 Å². The highest BCUT2D eigenvalue weighted by atomic mass is 127. The molecule has 0 aliphatic rings. The maximum Gasteiger partial charge on any atom is 0.129 e. The molecular weight excluding hydrogens is 373 g/mol. The molecular formula is C18H20INO. The van der Waals surface area contributed by atoms with E-state index in [1.807, 2.05) is 6.07 Å². The van der Waals surface area contributed by atoms with Gasteiger partial charge in [0.15, 0.2) is 0 Å². The first kappa shape index (κ1) is 16.0. The van der Waals surface area contributed by atoms with Crippen molar-refractivity contribution in [2.24, 2.45) is 0 Å². The molecule has 0 unspecified atom stereocenters. The molecule has 2 nitrogen and oxygen atoms in total. The monoisotopic (exact) mass is 393 g/mol. The molecule has 0 aliphatic heterocycles. The second-order valence-electron chi connectivity index (χ2n) is 5.16. The number of benzene rings is 2. The Balaban J connectivity index is 2.14. The SMILES string of the molecule is CC(=O)CCCN(Cc1ccccc1)c1ccccc1I. The van der Waals surface area contributed by atoms with Gasteiger partial charge >= 0.3 is 0 Å². The zero-order chi connectivity index (χ0) is 15.1. The molecule has 0 amide bonds. The van der Waals surface area contributed by atoms with Crippen LogP contribution in [0.2, 0.25) is 0 Å². The van der Waals surface area contributed by atoms with Crippen LogP contribution in [-0.4, -0.2) is 12.3 Å². The standard InChI is InChI=1S/C18H20INO/c1-15(21)8-7-13-20(14-16-9-3-2-4-10-16)18-12-6-5-11-17(18)19/h2-6,9-12H,7-8,13-14H2,1H3. The smallest absolute Gasteiger partial charge is 0.129 e. The highest BCUT2D eigenvalue weighted by Crippen LogP contribution is 2.24. The predicted octanol–water partition coefficient (Wildman–Crippen LogP) is 4.67. The van der Waals surface area contributed by atoms with Gasteiger partial charge in [-0.25, -0.2) is 0 Å². The number of carbonyl (C=O) groups excluding carboxylic acids is 1. The van der Waals surface area contributed by atoms with Gasteiger partial charge in [-0.1, -0.05) is 42.5 Å². The summed E-state index contributed by atoms with van der Waals surface area (Å²) in [4.78, 5) is 13.5. The molecule has 0 N–H and O–H groups in total. The summed E-state index contributed by atoms with van der Waals surface area (Å²) < 4.78 is 1.24. The van der Waals surface area contributed by atoms with E-state index >= 15 is 0 Å². The number of hydrogen-bond donors (Lipinski definition) is 0. The summed E-state index contributed by atoms with van der Waals surface area (Å²) in [6, 6.07) is 18.9. The second-order valence-corrected chi connectivity index (χ2v) is 6.33. The predicted molar refractivity (Wildman–Crippen MR) is 96.6 cm³/mol. The summed E-state index contributed by atoms with van der Waals surface area (Å²) in [5.74, 6) is 0.261. The van der Waals surface area contributed by atoms with E-state index in [1.165, 1.54) is 14.8 Å². The van der Waals surface area contributed by atoms with Gasteiger partial charge in [0.25, 0.3) is 0 Å². The molecule has 0 bridgehead atoms. The van der Waals surface area contributed by atoms with Crippen LogP contribution in [0.15, 0.2) is 54.6 Å². The highest BCUT2D eigenvalue weighted by molar-refractivity contribution is 14.1. The number of halogens is 1. The molecule has 0 heterocycles. The molecule has 110 valence electrons. The number of carbonyl (C=O) groups is 1. The van der Waals surface area contributed by atoms with Gasteiger partial charge in [0, 0.05) is 23.1 Å². The summed E-state index contributed by atoms with van der Waals surface area (Å²) in [7, 11) is 0. The molecule has 21 heavy (non-hydrogen) atoms. The molecule has 0 radical (unpaired) electrons. The largest absolute Gasteiger partial charge is 0.366 e. The molecule has 2 aromatic carbocycles. The van der Waals surface area contributed by atoms with Crippen LogP contribution in [0.4, 0.5) is 5.69 Å². The molecule has 0 spiro atoms. The van der Waals surface area contributed by atoms with Crippen molar-refractivity contribution in [3.8, 4) is 0 Å². The first-order valence-electron chi connectivity index (χ1n) is 7.19. The van der Waals surface area contributed by atoms with Crippen molar-refractivity contribution >= 4 is 34.1 Å². The van der Waals surface area contributed by atoms with E-state index in [0.29, 0.717) is 6.42 Å². The number of ketones is 1. The lowest BCUT2D eigenvalue weighted by Crippen LogP contribution is -2.25. The minimum atomic E-state index is 0.261. The van der Waals surface area contributed by atoms with E-state index in [0.717, 1.165) is 19.5 Å². The number of hydrogen-bond acceptors (Lipinski definition) is 2.